The summed E-state index contributed by atoms with van der Waals surface area (Å²) in [6, 6.07) is 8.29. The molecule has 0 spiro atoms. The van der Waals surface area contributed by atoms with Crippen LogP contribution in [0.3, 0.4) is 0 Å². The molecule has 122 valence electrons. The van der Waals surface area contributed by atoms with E-state index in [-0.39, 0.29) is 5.91 Å². The predicted octanol–water partition coefficient (Wildman–Crippen LogP) is 0.192. The number of aryl methyl sites for hydroxylation is 1. The number of rotatable bonds is 5. The SMILES string of the molecule is Cc1nnsc1C(=O)NCc1ccccc1C[NH+]1CCOCC1. The first-order chi connectivity index (χ1) is 11.2. The highest BCUT2D eigenvalue weighted by Gasteiger charge is 2.17. The molecule has 1 fully saturated rings. The quantitative estimate of drug-likeness (QED) is 0.820. The van der Waals surface area contributed by atoms with Gasteiger partial charge in [0.15, 0.2) is 0 Å². The van der Waals surface area contributed by atoms with Crippen LogP contribution in [-0.4, -0.2) is 41.8 Å². The van der Waals surface area contributed by atoms with Crippen LogP contribution in [0, 0.1) is 6.92 Å². The molecule has 1 aromatic carbocycles. The van der Waals surface area contributed by atoms with Crippen molar-refractivity contribution in [3.05, 3.63) is 46.0 Å². The first-order valence-corrected chi connectivity index (χ1v) is 8.56. The molecule has 0 aliphatic carbocycles. The summed E-state index contributed by atoms with van der Waals surface area (Å²) < 4.78 is 9.22. The highest BCUT2D eigenvalue weighted by atomic mass is 32.1. The van der Waals surface area contributed by atoms with Gasteiger partial charge in [-0.1, -0.05) is 28.8 Å². The van der Waals surface area contributed by atoms with Crippen molar-refractivity contribution in [2.24, 2.45) is 0 Å². The minimum atomic E-state index is -0.106. The first-order valence-electron chi connectivity index (χ1n) is 7.79. The number of hydrogen-bond acceptors (Lipinski definition) is 5. The molecule has 1 aliphatic rings. The van der Waals surface area contributed by atoms with E-state index in [0.717, 1.165) is 49.9 Å². The zero-order valence-corrected chi connectivity index (χ0v) is 14.0. The van der Waals surface area contributed by atoms with Crippen molar-refractivity contribution in [1.82, 2.24) is 14.9 Å². The summed E-state index contributed by atoms with van der Waals surface area (Å²) in [6.07, 6.45) is 0. The Labute approximate surface area is 139 Å². The van der Waals surface area contributed by atoms with Crippen LogP contribution in [-0.2, 0) is 17.8 Å². The summed E-state index contributed by atoms with van der Waals surface area (Å²) in [4.78, 5) is 14.3. The fraction of sp³-hybridized carbons (Fsp3) is 0.438. The highest BCUT2D eigenvalue weighted by molar-refractivity contribution is 7.07. The van der Waals surface area contributed by atoms with Gasteiger partial charge in [0.2, 0.25) is 0 Å². The molecule has 0 unspecified atom stereocenters. The lowest BCUT2D eigenvalue weighted by molar-refractivity contribution is -0.921. The van der Waals surface area contributed by atoms with E-state index in [1.165, 1.54) is 10.5 Å². The van der Waals surface area contributed by atoms with Crippen LogP contribution in [0.1, 0.15) is 26.5 Å². The topological polar surface area (TPSA) is 68.5 Å². The maximum absolute atomic E-state index is 12.2. The monoisotopic (exact) mass is 333 g/mol. The number of amides is 1. The number of hydrogen-bond donors (Lipinski definition) is 2. The average Bonchev–Trinajstić information content (AvgIpc) is 3.01. The number of ether oxygens (including phenoxy) is 1. The normalized spacial score (nSPS) is 15.5. The largest absolute Gasteiger partial charge is 0.370 e. The first kappa shape index (κ1) is 16.0. The number of benzene rings is 1. The molecular formula is C16H21N4O2S+. The summed E-state index contributed by atoms with van der Waals surface area (Å²) >= 11 is 1.13. The van der Waals surface area contributed by atoms with Crippen LogP contribution < -0.4 is 10.2 Å². The minimum Gasteiger partial charge on any atom is -0.370 e. The Bertz CT molecular complexity index is 668. The van der Waals surface area contributed by atoms with Crippen molar-refractivity contribution in [1.29, 1.82) is 0 Å². The van der Waals surface area contributed by atoms with Gasteiger partial charge in [-0.2, -0.15) is 0 Å². The smallest absolute Gasteiger partial charge is 0.265 e. The van der Waals surface area contributed by atoms with Gasteiger partial charge in [0, 0.05) is 12.1 Å². The fourth-order valence-electron chi connectivity index (χ4n) is 2.70. The number of carbonyl (C=O) groups is 1. The molecule has 1 aliphatic heterocycles. The molecule has 0 radical (unpaired) electrons. The lowest BCUT2D eigenvalue weighted by Crippen LogP contribution is -3.12. The maximum atomic E-state index is 12.2. The van der Waals surface area contributed by atoms with E-state index in [9.17, 15) is 4.79 Å². The zero-order chi connectivity index (χ0) is 16.1. The van der Waals surface area contributed by atoms with Crippen LogP contribution in [0.4, 0.5) is 0 Å². The standard InChI is InChI=1S/C16H20N4O2S/c1-12-15(23-19-18-12)16(21)17-10-13-4-2-3-5-14(13)11-20-6-8-22-9-7-20/h2-5H,6-11H2,1H3,(H,17,21)/p+1. The Kier molecular flexibility index (Phi) is 5.32. The van der Waals surface area contributed by atoms with Crippen molar-refractivity contribution < 1.29 is 14.4 Å². The maximum Gasteiger partial charge on any atom is 0.265 e. The van der Waals surface area contributed by atoms with Gasteiger partial charge in [-0.05, 0) is 24.0 Å². The van der Waals surface area contributed by atoms with E-state index >= 15 is 0 Å². The molecule has 3 rings (SSSR count). The molecule has 1 saturated heterocycles. The van der Waals surface area contributed by atoms with Gasteiger partial charge in [0.1, 0.15) is 24.5 Å². The number of morpholine rings is 1. The Hall–Kier alpha value is -1.83. The van der Waals surface area contributed by atoms with E-state index in [4.69, 9.17) is 4.74 Å². The highest BCUT2D eigenvalue weighted by Crippen LogP contribution is 2.11. The van der Waals surface area contributed by atoms with Crippen molar-refractivity contribution in [2.75, 3.05) is 26.3 Å². The van der Waals surface area contributed by atoms with Gasteiger partial charge in [0.05, 0.1) is 18.9 Å². The van der Waals surface area contributed by atoms with Gasteiger partial charge in [-0.3, -0.25) is 4.79 Å². The summed E-state index contributed by atoms with van der Waals surface area (Å²) in [5.41, 5.74) is 3.12. The number of nitrogens with zero attached hydrogens (tertiary/aromatic N) is 2. The average molecular weight is 333 g/mol. The number of quaternary nitrogens is 1. The summed E-state index contributed by atoms with van der Waals surface area (Å²) in [5.74, 6) is -0.106. The molecule has 2 heterocycles. The third-order valence-electron chi connectivity index (χ3n) is 4.06. The predicted molar refractivity (Wildman–Crippen MR) is 87.5 cm³/mol. The van der Waals surface area contributed by atoms with Crippen molar-refractivity contribution in [3.63, 3.8) is 0 Å². The van der Waals surface area contributed by atoms with Crippen LogP contribution in [0.2, 0.25) is 0 Å². The fourth-order valence-corrected chi connectivity index (χ4v) is 3.28. The molecule has 1 aromatic heterocycles. The second-order valence-corrected chi connectivity index (χ2v) is 6.43. The molecule has 7 heteroatoms. The van der Waals surface area contributed by atoms with Gasteiger partial charge >= 0.3 is 0 Å². The summed E-state index contributed by atoms with van der Waals surface area (Å²) in [5, 5.41) is 6.86. The molecule has 1 amide bonds. The number of aromatic nitrogens is 2. The molecule has 2 N–H and O–H groups in total. The number of carbonyl (C=O) groups excluding carboxylic acids is 1. The summed E-state index contributed by atoms with van der Waals surface area (Å²) in [7, 11) is 0. The second kappa shape index (κ2) is 7.63. The van der Waals surface area contributed by atoms with Gasteiger partial charge in [0.25, 0.3) is 5.91 Å². The number of nitrogens with one attached hydrogen (secondary N) is 2. The molecule has 0 bridgehead atoms. The van der Waals surface area contributed by atoms with Crippen LogP contribution in [0.15, 0.2) is 24.3 Å². The second-order valence-electron chi connectivity index (χ2n) is 5.68. The Morgan fingerprint density at radius 3 is 2.74 bits per heavy atom. The molecule has 0 saturated carbocycles. The van der Waals surface area contributed by atoms with E-state index in [1.807, 2.05) is 6.07 Å². The van der Waals surface area contributed by atoms with Gasteiger partial charge in [-0.25, -0.2) is 0 Å². The molecular weight excluding hydrogens is 312 g/mol. The van der Waals surface area contributed by atoms with Crippen LogP contribution in [0.25, 0.3) is 0 Å². The van der Waals surface area contributed by atoms with Gasteiger partial charge < -0.3 is 15.0 Å². The minimum absolute atomic E-state index is 0.106. The lowest BCUT2D eigenvalue weighted by atomic mass is 10.1. The van der Waals surface area contributed by atoms with Crippen molar-refractivity contribution in [3.8, 4) is 0 Å². The van der Waals surface area contributed by atoms with Gasteiger partial charge in [-0.15, -0.1) is 5.10 Å². The molecule has 6 nitrogen and oxygen atoms in total. The van der Waals surface area contributed by atoms with E-state index in [1.54, 1.807) is 6.92 Å². The van der Waals surface area contributed by atoms with E-state index in [0.29, 0.717) is 17.1 Å². The third kappa shape index (κ3) is 4.13. The molecule has 0 atom stereocenters. The Morgan fingerprint density at radius 2 is 2.04 bits per heavy atom. The lowest BCUT2D eigenvalue weighted by Gasteiger charge is -2.24. The molecule has 23 heavy (non-hydrogen) atoms. The molecule has 2 aromatic rings. The zero-order valence-electron chi connectivity index (χ0n) is 13.2. The van der Waals surface area contributed by atoms with E-state index in [2.05, 4.69) is 33.1 Å². The van der Waals surface area contributed by atoms with E-state index < -0.39 is 0 Å². The van der Waals surface area contributed by atoms with Crippen molar-refractivity contribution in [2.45, 2.75) is 20.0 Å². The Morgan fingerprint density at radius 1 is 1.30 bits per heavy atom. The van der Waals surface area contributed by atoms with Crippen LogP contribution >= 0.6 is 11.5 Å². The third-order valence-corrected chi connectivity index (χ3v) is 4.88. The van der Waals surface area contributed by atoms with Crippen LogP contribution in [0.5, 0.6) is 0 Å². The Balaban J connectivity index is 1.63. The van der Waals surface area contributed by atoms with Crippen molar-refractivity contribution >= 4 is 17.4 Å². The summed E-state index contributed by atoms with van der Waals surface area (Å²) in [6.45, 7) is 7.01.